The van der Waals surface area contributed by atoms with Crippen LogP contribution in [-0.2, 0) is 9.59 Å². The molecule has 1 aromatic carbocycles. The second-order valence-electron chi connectivity index (χ2n) is 7.08. The van der Waals surface area contributed by atoms with Gasteiger partial charge in [0.2, 0.25) is 11.8 Å². The normalized spacial score (nSPS) is 23.4. The van der Waals surface area contributed by atoms with Gasteiger partial charge in [-0.2, -0.15) is 0 Å². The summed E-state index contributed by atoms with van der Waals surface area (Å²) in [5, 5.41) is 2.33. The molecule has 3 heterocycles. The number of nitrogens with zero attached hydrogens (tertiary/aromatic N) is 3. The average molecular weight is 369 g/mol. The topological polar surface area (TPSA) is 53.5 Å². The van der Waals surface area contributed by atoms with Crippen molar-refractivity contribution in [3.63, 3.8) is 0 Å². The van der Waals surface area contributed by atoms with Crippen molar-refractivity contribution in [2.45, 2.75) is 31.7 Å². The van der Waals surface area contributed by atoms with E-state index >= 15 is 0 Å². The van der Waals surface area contributed by atoms with Crippen LogP contribution in [0.5, 0.6) is 0 Å². The van der Waals surface area contributed by atoms with Crippen LogP contribution in [0.25, 0.3) is 10.8 Å². The molecule has 2 fully saturated rings. The molecule has 2 aliphatic rings. The van der Waals surface area contributed by atoms with Crippen LogP contribution in [-0.4, -0.2) is 57.4 Å². The van der Waals surface area contributed by atoms with E-state index in [1.165, 1.54) is 5.39 Å². The number of thioether (sulfide) groups is 1. The quantitative estimate of drug-likeness (QED) is 0.817. The minimum absolute atomic E-state index is 0.0156. The summed E-state index contributed by atoms with van der Waals surface area (Å²) in [6.07, 6.45) is 3.95. The Labute approximate surface area is 157 Å². The van der Waals surface area contributed by atoms with Crippen LogP contribution in [0.4, 0.5) is 0 Å². The number of pyridine rings is 1. The van der Waals surface area contributed by atoms with Crippen molar-refractivity contribution in [3.8, 4) is 0 Å². The maximum absolute atomic E-state index is 13.0. The number of carbonyl (C=O) groups is 2. The van der Waals surface area contributed by atoms with Gasteiger partial charge in [-0.3, -0.25) is 14.6 Å². The lowest BCUT2D eigenvalue weighted by Gasteiger charge is -2.35. The Balaban J connectivity index is 1.51. The van der Waals surface area contributed by atoms with Gasteiger partial charge in [-0.05, 0) is 24.3 Å². The van der Waals surface area contributed by atoms with E-state index in [0.717, 1.165) is 30.5 Å². The number of rotatable bonds is 2. The van der Waals surface area contributed by atoms with Crippen molar-refractivity contribution in [2.75, 3.05) is 24.7 Å². The molecule has 2 aromatic rings. The van der Waals surface area contributed by atoms with Gasteiger partial charge in [-0.25, -0.2) is 0 Å². The molecule has 2 unspecified atom stereocenters. The Bertz CT molecular complexity index is 841. The van der Waals surface area contributed by atoms with Gasteiger partial charge in [0.15, 0.2) is 0 Å². The third-order valence-corrected chi connectivity index (χ3v) is 6.39. The first-order chi connectivity index (χ1) is 12.6. The zero-order valence-electron chi connectivity index (χ0n) is 14.9. The molecule has 0 spiro atoms. The van der Waals surface area contributed by atoms with Crippen molar-refractivity contribution in [2.24, 2.45) is 0 Å². The molecule has 5 nitrogen and oxygen atoms in total. The molecule has 2 saturated heterocycles. The lowest BCUT2D eigenvalue weighted by atomic mass is 9.93. The number of aromatic nitrogens is 1. The standard InChI is InChI=1S/C20H23N3O2S/c1-14(24)23-13-26-12-19(23)20(25)22-8-4-7-17(11-22)18-9-15-5-2-3-6-16(15)10-21-18/h2-3,5-6,9-10,17,19H,4,7-8,11-13H2,1H3. The predicted octanol–water partition coefficient (Wildman–Crippen LogP) is 2.86. The second-order valence-corrected chi connectivity index (χ2v) is 8.08. The molecule has 6 heteroatoms. The number of piperidine rings is 1. The van der Waals surface area contributed by atoms with Gasteiger partial charge in [-0.15, -0.1) is 11.8 Å². The van der Waals surface area contributed by atoms with E-state index < -0.39 is 0 Å². The number of benzene rings is 1. The molecule has 4 rings (SSSR count). The highest BCUT2D eigenvalue weighted by Crippen LogP contribution is 2.30. The number of amides is 2. The van der Waals surface area contributed by atoms with Crippen molar-refractivity contribution < 1.29 is 9.59 Å². The van der Waals surface area contributed by atoms with Crippen LogP contribution in [0.2, 0.25) is 0 Å². The third kappa shape index (κ3) is 3.30. The molecule has 2 amide bonds. The fourth-order valence-electron chi connectivity index (χ4n) is 3.91. The summed E-state index contributed by atoms with van der Waals surface area (Å²) in [6, 6.07) is 10.1. The van der Waals surface area contributed by atoms with Crippen LogP contribution in [0.3, 0.4) is 0 Å². The molecular weight excluding hydrogens is 346 g/mol. The molecule has 0 radical (unpaired) electrons. The third-order valence-electron chi connectivity index (χ3n) is 5.38. The zero-order chi connectivity index (χ0) is 18.1. The molecule has 0 N–H and O–H groups in total. The largest absolute Gasteiger partial charge is 0.340 e. The summed E-state index contributed by atoms with van der Waals surface area (Å²) < 4.78 is 0. The molecule has 26 heavy (non-hydrogen) atoms. The van der Waals surface area contributed by atoms with E-state index in [1.54, 1.807) is 23.6 Å². The van der Waals surface area contributed by atoms with E-state index in [4.69, 9.17) is 0 Å². The number of hydrogen-bond acceptors (Lipinski definition) is 4. The number of carbonyl (C=O) groups excluding carboxylic acids is 2. The number of fused-ring (bicyclic) bond motifs is 1. The van der Waals surface area contributed by atoms with Gasteiger partial charge >= 0.3 is 0 Å². The predicted molar refractivity (Wildman–Crippen MR) is 104 cm³/mol. The highest BCUT2D eigenvalue weighted by molar-refractivity contribution is 7.99. The SMILES string of the molecule is CC(=O)N1CSCC1C(=O)N1CCCC(c2cc3ccccc3cn2)C1. The van der Waals surface area contributed by atoms with Crippen LogP contribution >= 0.6 is 11.8 Å². The minimum Gasteiger partial charge on any atom is -0.340 e. The molecule has 0 bridgehead atoms. The molecular formula is C20H23N3O2S. The zero-order valence-corrected chi connectivity index (χ0v) is 15.7. The van der Waals surface area contributed by atoms with Crippen LogP contribution in [0.15, 0.2) is 36.5 Å². The fourth-order valence-corrected chi connectivity index (χ4v) is 5.12. The monoisotopic (exact) mass is 369 g/mol. The average Bonchev–Trinajstić information content (AvgIpc) is 3.17. The molecule has 0 saturated carbocycles. The number of likely N-dealkylation sites (tertiary alicyclic amines) is 1. The first kappa shape index (κ1) is 17.3. The molecule has 0 aliphatic carbocycles. The lowest BCUT2D eigenvalue weighted by Crippen LogP contribution is -2.50. The summed E-state index contributed by atoms with van der Waals surface area (Å²) in [5.74, 6) is 1.66. The maximum Gasteiger partial charge on any atom is 0.246 e. The van der Waals surface area contributed by atoms with Crippen molar-refractivity contribution in [1.82, 2.24) is 14.8 Å². The van der Waals surface area contributed by atoms with Crippen LogP contribution in [0, 0.1) is 0 Å². The van der Waals surface area contributed by atoms with Gasteiger partial charge in [-0.1, -0.05) is 24.3 Å². The number of hydrogen-bond donors (Lipinski definition) is 0. The first-order valence-electron chi connectivity index (χ1n) is 9.12. The summed E-state index contributed by atoms with van der Waals surface area (Å²) in [6.45, 7) is 3.01. The fraction of sp³-hybridized carbons (Fsp3) is 0.450. The molecule has 2 aliphatic heterocycles. The smallest absolute Gasteiger partial charge is 0.246 e. The second kappa shape index (κ2) is 7.27. The Morgan fingerprint density at radius 2 is 2.04 bits per heavy atom. The Morgan fingerprint density at radius 1 is 1.23 bits per heavy atom. The lowest BCUT2D eigenvalue weighted by molar-refractivity contribution is -0.143. The summed E-state index contributed by atoms with van der Waals surface area (Å²) in [7, 11) is 0. The molecule has 1 aromatic heterocycles. The van der Waals surface area contributed by atoms with E-state index in [1.807, 2.05) is 23.2 Å². The van der Waals surface area contributed by atoms with E-state index in [-0.39, 0.29) is 23.8 Å². The minimum atomic E-state index is -0.305. The van der Waals surface area contributed by atoms with Gasteiger partial charge in [0.25, 0.3) is 0 Å². The Morgan fingerprint density at radius 3 is 2.85 bits per heavy atom. The van der Waals surface area contributed by atoms with Gasteiger partial charge in [0.1, 0.15) is 6.04 Å². The van der Waals surface area contributed by atoms with Crippen molar-refractivity contribution in [1.29, 1.82) is 0 Å². The van der Waals surface area contributed by atoms with E-state index in [0.29, 0.717) is 18.2 Å². The van der Waals surface area contributed by atoms with Gasteiger partial charge in [0.05, 0.1) is 5.88 Å². The maximum atomic E-state index is 13.0. The van der Waals surface area contributed by atoms with E-state index in [9.17, 15) is 9.59 Å². The van der Waals surface area contributed by atoms with Gasteiger partial charge < -0.3 is 9.80 Å². The molecule has 136 valence electrons. The van der Waals surface area contributed by atoms with Crippen molar-refractivity contribution in [3.05, 3.63) is 42.2 Å². The van der Waals surface area contributed by atoms with Gasteiger partial charge in [0, 0.05) is 49.0 Å². The Kier molecular flexibility index (Phi) is 4.85. The van der Waals surface area contributed by atoms with Crippen LogP contribution in [0.1, 0.15) is 31.4 Å². The summed E-state index contributed by atoms with van der Waals surface area (Å²) in [5.41, 5.74) is 1.06. The Hall–Kier alpha value is -2.08. The summed E-state index contributed by atoms with van der Waals surface area (Å²) >= 11 is 1.65. The van der Waals surface area contributed by atoms with Crippen LogP contribution < -0.4 is 0 Å². The first-order valence-corrected chi connectivity index (χ1v) is 10.3. The summed E-state index contributed by atoms with van der Waals surface area (Å²) in [4.78, 5) is 33.1. The van der Waals surface area contributed by atoms with Crippen molar-refractivity contribution >= 4 is 34.3 Å². The molecule has 2 atom stereocenters. The highest BCUT2D eigenvalue weighted by Gasteiger charge is 2.37. The van der Waals surface area contributed by atoms with E-state index in [2.05, 4.69) is 23.2 Å². The highest BCUT2D eigenvalue weighted by atomic mass is 32.2.